The second-order valence-electron chi connectivity index (χ2n) is 6.67. The highest BCUT2D eigenvalue weighted by Crippen LogP contribution is 2.36. The lowest BCUT2D eigenvalue weighted by molar-refractivity contribution is -0.133. The average Bonchev–Trinajstić information content (AvgIpc) is 2.92. The number of rotatable bonds is 3. The van der Waals surface area contributed by atoms with Crippen LogP contribution in [0.15, 0.2) is 24.3 Å². The molecule has 1 fully saturated rings. The minimum atomic E-state index is 0. The number of aryl methyl sites for hydroxylation is 1. The molecular formula is C18H27ClN2O. The van der Waals surface area contributed by atoms with Crippen LogP contribution in [0.3, 0.4) is 0 Å². The lowest BCUT2D eigenvalue weighted by atomic mass is 9.82. The van der Waals surface area contributed by atoms with Crippen LogP contribution in [0.4, 0.5) is 0 Å². The Morgan fingerprint density at radius 2 is 1.95 bits per heavy atom. The van der Waals surface area contributed by atoms with E-state index in [9.17, 15) is 4.79 Å². The van der Waals surface area contributed by atoms with E-state index in [4.69, 9.17) is 5.73 Å². The summed E-state index contributed by atoms with van der Waals surface area (Å²) in [6.45, 7) is 0. The largest absolute Gasteiger partial charge is 0.339 e. The van der Waals surface area contributed by atoms with Gasteiger partial charge in [0.05, 0.1) is 6.04 Å². The van der Waals surface area contributed by atoms with Crippen molar-refractivity contribution in [1.82, 2.24) is 4.90 Å². The summed E-state index contributed by atoms with van der Waals surface area (Å²) < 4.78 is 0. The summed E-state index contributed by atoms with van der Waals surface area (Å²) in [6.07, 6.45) is 7.39. The minimum Gasteiger partial charge on any atom is -0.339 e. The van der Waals surface area contributed by atoms with Gasteiger partial charge in [-0.2, -0.15) is 0 Å². The molecular weight excluding hydrogens is 296 g/mol. The van der Waals surface area contributed by atoms with Gasteiger partial charge in [0.2, 0.25) is 5.91 Å². The number of hydrogen-bond acceptors (Lipinski definition) is 2. The number of nitrogens with two attached hydrogens (primary N) is 1. The molecule has 0 saturated heterocycles. The number of carbonyl (C=O) groups excluding carboxylic acids is 1. The maximum Gasteiger partial charge on any atom is 0.223 e. The fourth-order valence-electron chi connectivity index (χ4n) is 3.97. The number of halogens is 1. The maximum atomic E-state index is 12.6. The Morgan fingerprint density at radius 1 is 1.23 bits per heavy atom. The van der Waals surface area contributed by atoms with E-state index in [1.54, 1.807) is 0 Å². The van der Waals surface area contributed by atoms with E-state index in [1.807, 2.05) is 11.9 Å². The summed E-state index contributed by atoms with van der Waals surface area (Å²) in [6, 6.07) is 8.99. The monoisotopic (exact) mass is 322 g/mol. The molecule has 1 saturated carbocycles. The lowest BCUT2D eigenvalue weighted by Crippen LogP contribution is -2.38. The molecule has 0 aliphatic heterocycles. The van der Waals surface area contributed by atoms with Crippen LogP contribution in [-0.2, 0) is 11.2 Å². The van der Waals surface area contributed by atoms with Crippen molar-refractivity contribution in [2.75, 3.05) is 7.05 Å². The van der Waals surface area contributed by atoms with E-state index < -0.39 is 0 Å². The predicted octanol–water partition coefficient (Wildman–Crippen LogP) is 3.46. The quantitative estimate of drug-likeness (QED) is 0.926. The van der Waals surface area contributed by atoms with Crippen LogP contribution < -0.4 is 5.73 Å². The molecule has 3 atom stereocenters. The summed E-state index contributed by atoms with van der Waals surface area (Å²) in [5.74, 6) is 0.643. The molecule has 0 aromatic heterocycles. The van der Waals surface area contributed by atoms with Crippen molar-refractivity contribution < 1.29 is 4.79 Å². The fourth-order valence-corrected chi connectivity index (χ4v) is 3.97. The van der Waals surface area contributed by atoms with Crippen molar-refractivity contribution in [2.45, 2.75) is 57.0 Å². The van der Waals surface area contributed by atoms with Gasteiger partial charge in [-0.05, 0) is 42.7 Å². The number of nitrogens with zero attached hydrogens (tertiary/aromatic N) is 1. The van der Waals surface area contributed by atoms with Crippen LogP contribution in [0.2, 0.25) is 0 Å². The van der Waals surface area contributed by atoms with Gasteiger partial charge in [-0.25, -0.2) is 0 Å². The van der Waals surface area contributed by atoms with E-state index in [1.165, 1.54) is 24.0 Å². The molecule has 2 N–H and O–H groups in total. The zero-order valence-corrected chi connectivity index (χ0v) is 14.1. The molecule has 0 heterocycles. The predicted molar refractivity (Wildman–Crippen MR) is 92.1 cm³/mol. The third-order valence-electron chi connectivity index (χ3n) is 5.37. The number of carbonyl (C=O) groups is 1. The van der Waals surface area contributed by atoms with Crippen LogP contribution in [0.1, 0.15) is 55.7 Å². The molecule has 0 spiro atoms. The van der Waals surface area contributed by atoms with Crippen LogP contribution >= 0.6 is 12.4 Å². The molecule has 22 heavy (non-hydrogen) atoms. The van der Waals surface area contributed by atoms with Gasteiger partial charge in [-0.15, -0.1) is 12.4 Å². The number of hydrogen-bond donors (Lipinski definition) is 1. The summed E-state index contributed by atoms with van der Waals surface area (Å²) in [7, 11) is 1.96. The second kappa shape index (κ2) is 7.47. The molecule has 2 aliphatic rings. The van der Waals surface area contributed by atoms with Gasteiger partial charge in [-0.3, -0.25) is 4.79 Å². The molecule has 3 nitrogen and oxygen atoms in total. The van der Waals surface area contributed by atoms with E-state index in [0.717, 1.165) is 25.7 Å². The third kappa shape index (κ3) is 3.47. The van der Waals surface area contributed by atoms with Crippen molar-refractivity contribution in [3.63, 3.8) is 0 Å². The molecule has 2 aliphatic carbocycles. The molecule has 0 radical (unpaired) electrons. The van der Waals surface area contributed by atoms with Gasteiger partial charge in [0.25, 0.3) is 0 Å². The first-order valence-corrected chi connectivity index (χ1v) is 8.26. The van der Waals surface area contributed by atoms with Crippen LogP contribution in [-0.4, -0.2) is 23.9 Å². The van der Waals surface area contributed by atoms with Crippen molar-refractivity contribution in [2.24, 2.45) is 11.7 Å². The summed E-state index contributed by atoms with van der Waals surface area (Å²) in [4.78, 5) is 14.6. The maximum absolute atomic E-state index is 12.6. The first-order valence-electron chi connectivity index (χ1n) is 8.26. The molecule has 0 bridgehead atoms. The molecule has 3 rings (SSSR count). The van der Waals surface area contributed by atoms with Gasteiger partial charge < -0.3 is 10.6 Å². The van der Waals surface area contributed by atoms with Crippen LogP contribution in [0.25, 0.3) is 0 Å². The summed E-state index contributed by atoms with van der Waals surface area (Å²) in [5.41, 5.74) is 8.92. The SMILES string of the molecule is CN(C(=O)CC1CCCCC1N)C1CCc2ccccc21.Cl. The van der Waals surface area contributed by atoms with Gasteiger partial charge in [-0.1, -0.05) is 37.1 Å². The Morgan fingerprint density at radius 3 is 2.73 bits per heavy atom. The number of fused-ring (bicyclic) bond motifs is 1. The molecule has 1 aromatic carbocycles. The highest BCUT2D eigenvalue weighted by molar-refractivity contribution is 5.85. The fraction of sp³-hybridized carbons (Fsp3) is 0.611. The molecule has 4 heteroatoms. The van der Waals surface area contributed by atoms with E-state index in [2.05, 4.69) is 24.3 Å². The lowest BCUT2D eigenvalue weighted by Gasteiger charge is -2.31. The first kappa shape index (κ1) is 17.3. The van der Waals surface area contributed by atoms with Crippen molar-refractivity contribution in [3.8, 4) is 0 Å². The Hall–Kier alpha value is -1.06. The van der Waals surface area contributed by atoms with Gasteiger partial charge in [0, 0.05) is 19.5 Å². The molecule has 1 amide bonds. The minimum absolute atomic E-state index is 0. The number of benzene rings is 1. The average molecular weight is 323 g/mol. The van der Waals surface area contributed by atoms with Gasteiger partial charge in [0.1, 0.15) is 0 Å². The Bertz CT molecular complexity index is 520. The normalized spacial score (nSPS) is 26.9. The summed E-state index contributed by atoms with van der Waals surface area (Å²) >= 11 is 0. The van der Waals surface area contributed by atoms with E-state index in [0.29, 0.717) is 12.3 Å². The topological polar surface area (TPSA) is 46.3 Å². The van der Waals surface area contributed by atoms with Crippen molar-refractivity contribution in [1.29, 1.82) is 0 Å². The zero-order chi connectivity index (χ0) is 14.8. The smallest absolute Gasteiger partial charge is 0.223 e. The molecule has 3 unspecified atom stereocenters. The van der Waals surface area contributed by atoms with Crippen LogP contribution in [0, 0.1) is 5.92 Å². The highest BCUT2D eigenvalue weighted by atomic mass is 35.5. The first-order chi connectivity index (χ1) is 10.2. The Kier molecular flexibility index (Phi) is 5.87. The Balaban J connectivity index is 0.00000176. The standard InChI is InChI=1S/C18H26N2O.ClH/c1-20(17-11-10-13-6-2-4-8-15(13)17)18(21)12-14-7-3-5-9-16(14)19;/h2,4,6,8,14,16-17H,3,5,7,9-12,19H2,1H3;1H. The summed E-state index contributed by atoms with van der Waals surface area (Å²) in [5, 5.41) is 0. The van der Waals surface area contributed by atoms with E-state index >= 15 is 0 Å². The number of amides is 1. The molecule has 122 valence electrons. The Labute approximate surface area is 139 Å². The van der Waals surface area contributed by atoms with Gasteiger partial charge in [0.15, 0.2) is 0 Å². The van der Waals surface area contributed by atoms with E-state index in [-0.39, 0.29) is 30.4 Å². The zero-order valence-electron chi connectivity index (χ0n) is 13.3. The highest BCUT2D eigenvalue weighted by Gasteiger charge is 2.31. The molecule has 1 aromatic rings. The van der Waals surface area contributed by atoms with Crippen LogP contribution in [0.5, 0.6) is 0 Å². The van der Waals surface area contributed by atoms with Crippen molar-refractivity contribution >= 4 is 18.3 Å². The van der Waals surface area contributed by atoms with Crippen molar-refractivity contribution in [3.05, 3.63) is 35.4 Å². The second-order valence-corrected chi connectivity index (χ2v) is 6.67. The van der Waals surface area contributed by atoms with Gasteiger partial charge >= 0.3 is 0 Å². The third-order valence-corrected chi connectivity index (χ3v) is 5.37.